The Balaban J connectivity index is 1.99. The van der Waals surface area contributed by atoms with Crippen molar-refractivity contribution in [2.45, 2.75) is 19.4 Å². The van der Waals surface area contributed by atoms with E-state index in [-0.39, 0.29) is 11.9 Å². The second-order valence-electron chi connectivity index (χ2n) is 4.35. The fraction of sp³-hybridized carbons (Fsp3) is 0.462. The number of benzene rings is 1. The molecule has 1 aromatic carbocycles. The Bertz CT molecular complexity index is 442. The van der Waals surface area contributed by atoms with Gasteiger partial charge in [-0.1, -0.05) is 0 Å². The predicted molar refractivity (Wildman–Crippen MR) is 63.1 cm³/mol. The van der Waals surface area contributed by atoms with Crippen molar-refractivity contribution in [1.82, 2.24) is 0 Å². The number of nitrogens with zero attached hydrogens (tertiary/aromatic N) is 1. The molecule has 0 aliphatic carbocycles. The molecule has 17 heavy (non-hydrogen) atoms. The average molecular weight is 234 g/mol. The molecule has 1 N–H and O–H groups in total. The Morgan fingerprint density at radius 1 is 1.53 bits per heavy atom. The summed E-state index contributed by atoms with van der Waals surface area (Å²) in [6, 6.07) is 6.23. The van der Waals surface area contributed by atoms with Gasteiger partial charge >= 0.3 is 0 Å². The van der Waals surface area contributed by atoms with Crippen LogP contribution in [0.25, 0.3) is 0 Å². The third-order valence-electron chi connectivity index (χ3n) is 3.13. The first kappa shape index (κ1) is 11.9. The van der Waals surface area contributed by atoms with E-state index in [2.05, 4.69) is 5.32 Å². The quantitative estimate of drug-likeness (QED) is 0.874. The van der Waals surface area contributed by atoms with Gasteiger partial charge in [0, 0.05) is 24.8 Å². The number of nitrogens with one attached hydrogen (secondary N) is 1. The molecule has 0 spiro atoms. The minimum Gasteiger partial charge on any atom is -0.385 e. The maximum atomic E-state index is 13.2. The van der Waals surface area contributed by atoms with Crippen LogP contribution in [0.5, 0.6) is 0 Å². The van der Waals surface area contributed by atoms with Crippen LogP contribution in [0.1, 0.15) is 18.9 Å². The summed E-state index contributed by atoms with van der Waals surface area (Å²) < 4.78 is 18.6. The van der Waals surface area contributed by atoms with Crippen LogP contribution in [0.15, 0.2) is 18.2 Å². The van der Waals surface area contributed by atoms with E-state index >= 15 is 0 Å². The van der Waals surface area contributed by atoms with Crippen LogP contribution < -0.4 is 5.32 Å². The lowest BCUT2D eigenvalue weighted by Crippen LogP contribution is -2.20. The van der Waals surface area contributed by atoms with Crippen LogP contribution in [0, 0.1) is 23.1 Å². The van der Waals surface area contributed by atoms with Crippen molar-refractivity contribution < 1.29 is 9.13 Å². The van der Waals surface area contributed by atoms with Crippen LogP contribution >= 0.6 is 0 Å². The third-order valence-corrected chi connectivity index (χ3v) is 3.13. The Hall–Kier alpha value is -1.60. The summed E-state index contributed by atoms with van der Waals surface area (Å²) in [4.78, 5) is 0. The number of nitriles is 1. The molecule has 1 aromatic rings. The molecule has 0 amide bonds. The van der Waals surface area contributed by atoms with Crippen molar-refractivity contribution in [3.05, 3.63) is 29.6 Å². The molecule has 1 saturated heterocycles. The molecule has 3 nitrogen and oxygen atoms in total. The van der Waals surface area contributed by atoms with Crippen LogP contribution in [-0.2, 0) is 4.74 Å². The van der Waals surface area contributed by atoms with Crippen LogP contribution in [-0.4, -0.2) is 19.3 Å². The molecule has 0 saturated carbocycles. The summed E-state index contributed by atoms with van der Waals surface area (Å²) in [7, 11) is 0. The van der Waals surface area contributed by atoms with E-state index in [0.717, 1.165) is 19.6 Å². The second kappa shape index (κ2) is 5.15. The van der Waals surface area contributed by atoms with Crippen molar-refractivity contribution in [3.63, 3.8) is 0 Å². The normalized spacial score (nSPS) is 23.4. The van der Waals surface area contributed by atoms with Gasteiger partial charge in [-0.3, -0.25) is 0 Å². The molecule has 90 valence electrons. The van der Waals surface area contributed by atoms with Crippen molar-refractivity contribution in [2.24, 2.45) is 5.92 Å². The molecule has 4 heteroatoms. The van der Waals surface area contributed by atoms with Gasteiger partial charge in [0.2, 0.25) is 0 Å². The molecule has 2 rings (SSSR count). The van der Waals surface area contributed by atoms with Gasteiger partial charge in [-0.15, -0.1) is 0 Å². The highest BCUT2D eigenvalue weighted by Crippen LogP contribution is 2.21. The van der Waals surface area contributed by atoms with E-state index in [1.54, 1.807) is 6.07 Å². The summed E-state index contributed by atoms with van der Waals surface area (Å²) in [6.45, 7) is 3.58. The fourth-order valence-electron chi connectivity index (χ4n) is 2.05. The van der Waals surface area contributed by atoms with E-state index in [4.69, 9.17) is 10.00 Å². The van der Waals surface area contributed by atoms with Crippen molar-refractivity contribution in [2.75, 3.05) is 18.5 Å². The summed E-state index contributed by atoms with van der Waals surface area (Å²) in [6.07, 6.45) is 1.26. The molecule has 1 aliphatic heterocycles. The standard InChI is InChI=1S/C13H15FN2O/c1-9-11(2-3-17-9)8-16-13-5-10(7-15)4-12(14)6-13/h4-6,9,11,16H,2-3,8H2,1H3. The fourth-order valence-corrected chi connectivity index (χ4v) is 2.05. The number of anilines is 1. The number of hydrogen-bond donors (Lipinski definition) is 1. The monoisotopic (exact) mass is 234 g/mol. The highest BCUT2D eigenvalue weighted by molar-refractivity contribution is 5.49. The number of rotatable bonds is 3. The lowest BCUT2D eigenvalue weighted by molar-refractivity contribution is 0.108. The zero-order valence-electron chi connectivity index (χ0n) is 9.74. The summed E-state index contributed by atoms with van der Waals surface area (Å²) in [5.41, 5.74) is 0.990. The van der Waals surface area contributed by atoms with Gasteiger partial charge in [0.25, 0.3) is 0 Å². The van der Waals surface area contributed by atoms with Crippen molar-refractivity contribution in [3.8, 4) is 6.07 Å². The Morgan fingerprint density at radius 2 is 2.35 bits per heavy atom. The van der Waals surface area contributed by atoms with Crippen LogP contribution in [0.2, 0.25) is 0 Å². The van der Waals surface area contributed by atoms with Gasteiger partial charge in [0.15, 0.2) is 0 Å². The maximum absolute atomic E-state index is 13.2. The van der Waals surface area contributed by atoms with Gasteiger partial charge < -0.3 is 10.1 Å². The van der Waals surface area contributed by atoms with E-state index in [0.29, 0.717) is 17.2 Å². The van der Waals surface area contributed by atoms with Gasteiger partial charge in [0.05, 0.1) is 17.7 Å². The Morgan fingerprint density at radius 3 is 3.00 bits per heavy atom. The number of halogens is 1. The third kappa shape index (κ3) is 2.95. The molecule has 0 aromatic heterocycles. The second-order valence-corrected chi connectivity index (χ2v) is 4.35. The van der Waals surface area contributed by atoms with Gasteiger partial charge in [-0.25, -0.2) is 4.39 Å². The lowest BCUT2D eigenvalue weighted by atomic mass is 10.0. The van der Waals surface area contributed by atoms with E-state index < -0.39 is 0 Å². The van der Waals surface area contributed by atoms with E-state index in [1.807, 2.05) is 13.0 Å². The summed E-state index contributed by atoms with van der Waals surface area (Å²) in [5, 5.41) is 11.9. The summed E-state index contributed by atoms with van der Waals surface area (Å²) >= 11 is 0. The predicted octanol–water partition coefficient (Wildman–Crippen LogP) is 2.53. The SMILES string of the molecule is CC1OCCC1CNc1cc(F)cc(C#N)c1. The highest BCUT2D eigenvalue weighted by Gasteiger charge is 2.23. The number of ether oxygens (including phenoxy) is 1. The van der Waals surface area contributed by atoms with Crippen molar-refractivity contribution >= 4 is 5.69 Å². The largest absolute Gasteiger partial charge is 0.385 e. The van der Waals surface area contributed by atoms with E-state index in [1.165, 1.54) is 12.1 Å². The average Bonchev–Trinajstić information content (AvgIpc) is 2.71. The van der Waals surface area contributed by atoms with Gasteiger partial charge in [0.1, 0.15) is 5.82 Å². The minimum atomic E-state index is -0.387. The van der Waals surface area contributed by atoms with E-state index in [9.17, 15) is 4.39 Å². The molecule has 0 bridgehead atoms. The Kier molecular flexibility index (Phi) is 3.60. The van der Waals surface area contributed by atoms with Crippen LogP contribution in [0.4, 0.5) is 10.1 Å². The molecule has 0 radical (unpaired) electrons. The molecule has 1 fully saturated rings. The zero-order chi connectivity index (χ0) is 12.3. The minimum absolute atomic E-state index is 0.242. The van der Waals surface area contributed by atoms with Crippen molar-refractivity contribution in [1.29, 1.82) is 5.26 Å². The van der Waals surface area contributed by atoms with Gasteiger partial charge in [-0.2, -0.15) is 5.26 Å². The smallest absolute Gasteiger partial charge is 0.126 e. The number of hydrogen-bond acceptors (Lipinski definition) is 3. The summed E-state index contributed by atoms with van der Waals surface area (Å²) in [5.74, 6) is 0.0612. The zero-order valence-corrected chi connectivity index (χ0v) is 9.74. The lowest BCUT2D eigenvalue weighted by Gasteiger charge is -2.15. The first-order valence-electron chi connectivity index (χ1n) is 5.75. The molecule has 1 aliphatic rings. The highest BCUT2D eigenvalue weighted by atomic mass is 19.1. The van der Waals surface area contributed by atoms with Crippen LogP contribution in [0.3, 0.4) is 0 Å². The topological polar surface area (TPSA) is 45.0 Å². The molecule has 2 atom stereocenters. The van der Waals surface area contributed by atoms with Gasteiger partial charge in [-0.05, 0) is 31.5 Å². The Labute approximate surface area is 100 Å². The maximum Gasteiger partial charge on any atom is 0.126 e. The first-order chi connectivity index (χ1) is 8.19. The molecular formula is C13H15FN2O. The molecule has 1 heterocycles. The first-order valence-corrected chi connectivity index (χ1v) is 5.75. The molecule has 2 unspecified atom stereocenters. The molecular weight excluding hydrogens is 219 g/mol.